The van der Waals surface area contributed by atoms with Crippen LogP contribution in [0.5, 0.6) is 0 Å². The minimum Gasteiger partial charge on any atom is -0.324 e. The number of sulfonamides is 1. The standard InChI is InChI=1S/C25H25Cl3N2O3S/c1-16(2)20-7-4-6-17(3)25(20)29-24(31)15-30(14-21-22(27)8-5-9-23(21)28)34(32,33)19-12-10-18(26)11-13-19/h4-13,16H,14-15H2,1-3H3,(H,29,31). The van der Waals surface area contributed by atoms with E-state index in [9.17, 15) is 13.2 Å². The summed E-state index contributed by atoms with van der Waals surface area (Å²) in [5.74, 6) is -0.303. The van der Waals surface area contributed by atoms with Gasteiger partial charge in [-0.15, -0.1) is 0 Å². The van der Waals surface area contributed by atoms with Gasteiger partial charge in [0.15, 0.2) is 0 Å². The number of rotatable bonds is 8. The molecule has 5 nitrogen and oxygen atoms in total. The molecule has 0 heterocycles. The van der Waals surface area contributed by atoms with Gasteiger partial charge in [0.1, 0.15) is 0 Å². The highest BCUT2D eigenvalue weighted by molar-refractivity contribution is 7.89. The fourth-order valence-electron chi connectivity index (χ4n) is 3.52. The Labute approximate surface area is 215 Å². The third kappa shape index (κ3) is 6.12. The normalized spacial score (nSPS) is 11.8. The van der Waals surface area contributed by atoms with Gasteiger partial charge in [0, 0.05) is 32.9 Å². The zero-order valence-electron chi connectivity index (χ0n) is 19.0. The molecule has 3 aromatic carbocycles. The first kappa shape index (κ1) is 26.5. The minimum atomic E-state index is -4.08. The van der Waals surface area contributed by atoms with Crippen LogP contribution in [0.25, 0.3) is 0 Å². The molecule has 0 radical (unpaired) electrons. The molecule has 0 unspecified atom stereocenters. The number of hydrogen-bond acceptors (Lipinski definition) is 3. The molecule has 34 heavy (non-hydrogen) atoms. The van der Waals surface area contributed by atoms with Crippen LogP contribution in [0.3, 0.4) is 0 Å². The molecular weight excluding hydrogens is 515 g/mol. The number of nitrogens with zero attached hydrogens (tertiary/aromatic N) is 1. The van der Waals surface area contributed by atoms with Gasteiger partial charge < -0.3 is 5.32 Å². The number of carbonyl (C=O) groups is 1. The summed E-state index contributed by atoms with van der Waals surface area (Å²) in [7, 11) is -4.08. The van der Waals surface area contributed by atoms with Crippen LogP contribution in [0.4, 0.5) is 5.69 Å². The summed E-state index contributed by atoms with van der Waals surface area (Å²) in [6.45, 7) is 5.34. The molecule has 0 saturated heterocycles. The lowest BCUT2D eigenvalue weighted by molar-refractivity contribution is -0.116. The van der Waals surface area contributed by atoms with Gasteiger partial charge in [-0.2, -0.15) is 4.31 Å². The van der Waals surface area contributed by atoms with Gasteiger partial charge >= 0.3 is 0 Å². The lowest BCUT2D eigenvalue weighted by Gasteiger charge is -2.24. The molecule has 3 aromatic rings. The number of benzene rings is 3. The second-order valence-corrected chi connectivity index (χ2v) is 11.4. The Hall–Kier alpha value is -2.09. The molecule has 0 fully saturated rings. The number of amides is 1. The first-order valence-electron chi connectivity index (χ1n) is 10.6. The second kappa shape index (κ2) is 11.1. The van der Waals surface area contributed by atoms with Gasteiger partial charge in [-0.1, -0.05) is 72.9 Å². The van der Waals surface area contributed by atoms with Crippen molar-refractivity contribution in [1.82, 2.24) is 4.31 Å². The molecular formula is C25H25Cl3N2O3S. The van der Waals surface area contributed by atoms with Crippen molar-refractivity contribution in [3.63, 3.8) is 0 Å². The van der Waals surface area contributed by atoms with Crippen molar-refractivity contribution in [2.45, 2.75) is 38.1 Å². The number of hydrogen-bond donors (Lipinski definition) is 1. The Bertz CT molecular complexity index is 1270. The quantitative estimate of drug-likeness (QED) is 0.338. The summed E-state index contributed by atoms with van der Waals surface area (Å²) in [6, 6.07) is 16.4. The van der Waals surface area contributed by atoms with Crippen molar-refractivity contribution < 1.29 is 13.2 Å². The monoisotopic (exact) mass is 538 g/mol. The van der Waals surface area contributed by atoms with E-state index in [0.29, 0.717) is 26.3 Å². The Kier molecular flexibility index (Phi) is 8.66. The van der Waals surface area contributed by atoms with Crippen LogP contribution in [0.2, 0.25) is 15.1 Å². The molecule has 1 amide bonds. The van der Waals surface area contributed by atoms with Gasteiger partial charge in [0.05, 0.1) is 11.4 Å². The summed E-state index contributed by atoms with van der Waals surface area (Å²) in [5.41, 5.74) is 2.95. The van der Waals surface area contributed by atoms with Crippen molar-refractivity contribution >= 4 is 56.4 Å². The van der Waals surface area contributed by atoms with E-state index in [1.165, 1.54) is 24.3 Å². The van der Waals surface area contributed by atoms with E-state index >= 15 is 0 Å². The van der Waals surface area contributed by atoms with Crippen LogP contribution in [0.15, 0.2) is 65.6 Å². The van der Waals surface area contributed by atoms with E-state index in [-0.39, 0.29) is 17.4 Å². The molecule has 0 bridgehead atoms. The second-order valence-electron chi connectivity index (χ2n) is 8.17. The third-order valence-electron chi connectivity index (χ3n) is 5.36. The summed E-state index contributed by atoms with van der Waals surface area (Å²) in [4.78, 5) is 13.1. The van der Waals surface area contributed by atoms with E-state index in [4.69, 9.17) is 34.8 Å². The van der Waals surface area contributed by atoms with Gasteiger partial charge in [-0.25, -0.2) is 8.42 Å². The van der Waals surface area contributed by atoms with Crippen molar-refractivity contribution in [2.24, 2.45) is 0 Å². The molecule has 0 saturated carbocycles. The van der Waals surface area contributed by atoms with E-state index in [2.05, 4.69) is 5.32 Å². The smallest absolute Gasteiger partial charge is 0.243 e. The van der Waals surface area contributed by atoms with Crippen molar-refractivity contribution in [3.8, 4) is 0 Å². The van der Waals surface area contributed by atoms with Crippen LogP contribution in [0, 0.1) is 6.92 Å². The van der Waals surface area contributed by atoms with Crippen LogP contribution in [-0.4, -0.2) is 25.2 Å². The molecule has 0 aliphatic heterocycles. The lowest BCUT2D eigenvalue weighted by atomic mass is 9.98. The fourth-order valence-corrected chi connectivity index (χ4v) is 5.53. The molecule has 0 spiro atoms. The SMILES string of the molecule is Cc1cccc(C(C)C)c1NC(=O)CN(Cc1c(Cl)cccc1Cl)S(=O)(=O)c1ccc(Cl)cc1. The Morgan fingerprint density at radius 2 is 1.53 bits per heavy atom. The molecule has 3 rings (SSSR count). The fraction of sp³-hybridized carbons (Fsp3) is 0.240. The average Bonchev–Trinajstić information content (AvgIpc) is 2.77. The molecule has 0 atom stereocenters. The highest BCUT2D eigenvalue weighted by Gasteiger charge is 2.29. The van der Waals surface area contributed by atoms with E-state index < -0.39 is 22.5 Å². The zero-order valence-corrected chi connectivity index (χ0v) is 22.1. The van der Waals surface area contributed by atoms with Crippen LogP contribution >= 0.6 is 34.8 Å². The number of anilines is 1. The number of halogens is 3. The Balaban J connectivity index is 1.98. The highest BCUT2D eigenvalue weighted by Crippen LogP contribution is 2.30. The first-order valence-corrected chi connectivity index (χ1v) is 13.2. The van der Waals surface area contributed by atoms with E-state index in [0.717, 1.165) is 15.4 Å². The molecule has 180 valence electrons. The van der Waals surface area contributed by atoms with Crippen molar-refractivity contribution in [3.05, 3.63) is 92.4 Å². The molecule has 0 aliphatic carbocycles. The maximum Gasteiger partial charge on any atom is 0.243 e. The topological polar surface area (TPSA) is 66.5 Å². The zero-order chi connectivity index (χ0) is 25.0. The molecule has 0 aliphatic rings. The van der Waals surface area contributed by atoms with Gasteiger partial charge in [0.2, 0.25) is 15.9 Å². The number of aryl methyl sites for hydroxylation is 1. The van der Waals surface area contributed by atoms with Gasteiger partial charge in [-0.05, 0) is 60.4 Å². The largest absolute Gasteiger partial charge is 0.324 e. The van der Waals surface area contributed by atoms with Crippen molar-refractivity contribution in [2.75, 3.05) is 11.9 Å². The van der Waals surface area contributed by atoms with Gasteiger partial charge in [-0.3, -0.25) is 4.79 Å². The number of nitrogens with one attached hydrogen (secondary N) is 1. The molecule has 1 N–H and O–H groups in total. The maximum absolute atomic E-state index is 13.5. The van der Waals surface area contributed by atoms with Crippen LogP contribution in [0.1, 0.15) is 36.5 Å². The summed E-state index contributed by atoms with van der Waals surface area (Å²) in [5, 5.41) is 3.93. The summed E-state index contributed by atoms with van der Waals surface area (Å²) in [6.07, 6.45) is 0. The van der Waals surface area contributed by atoms with Crippen LogP contribution < -0.4 is 5.32 Å². The van der Waals surface area contributed by atoms with E-state index in [1.54, 1.807) is 18.2 Å². The van der Waals surface area contributed by atoms with Crippen LogP contribution in [-0.2, 0) is 21.4 Å². The highest BCUT2D eigenvalue weighted by atomic mass is 35.5. The predicted octanol–water partition coefficient (Wildman–Crippen LogP) is 6.91. The van der Waals surface area contributed by atoms with Gasteiger partial charge in [0.25, 0.3) is 0 Å². The third-order valence-corrected chi connectivity index (χ3v) is 8.13. The summed E-state index contributed by atoms with van der Waals surface area (Å²) < 4.78 is 28.1. The number of para-hydroxylation sites is 1. The number of carbonyl (C=O) groups excluding carboxylic acids is 1. The molecule has 9 heteroatoms. The first-order chi connectivity index (χ1) is 16.0. The maximum atomic E-state index is 13.5. The van der Waals surface area contributed by atoms with E-state index in [1.807, 2.05) is 39.0 Å². The lowest BCUT2D eigenvalue weighted by Crippen LogP contribution is -2.38. The molecule has 0 aromatic heterocycles. The Morgan fingerprint density at radius 3 is 2.12 bits per heavy atom. The minimum absolute atomic E-state index is 0.00615. The predicted molar refractivity (Wildman–Crippen MR) is 139 cm³/mol. The average molecular weight is 540 g/mol. The van der Waals surface area contributed by atoms with Crippen molar-refractivity contribution in [1.29, 1.82) is 0 Å². The Morgan fingerprint density at radius 1 is 0.941 bits per heavy atom. The summed E-state index contributed by atoms with van der Waals surface area (Å²) >= 11 is 18.6.